The molecule has 7 nitrogen and oxygen atoms in total. The van der Waals surface area contributed by atoms with Gasteiger partial charge in [0.2, 0.25) is 12.7 Å². The summed E-state index contributed by atoms with van der Waals surface area (Å²) in [4.78, 5) is 16.7. The zero-order chi connectivity index (χ0) is 16.9. The molecule has 0 radical (unpaired) electrons. The average molecular weight is 355 g/mol. The first-order chi connectivity index (χ1) is 12.2. The Balaban J connectivity index is 1.41. The van der Waals surface area contributed by atoms with E-state index < -0.39 is 5.41 Å². The number of nitrogens with one attached hydrogen (secondary N) is 1. The third-order valence-corrected chi connectivity index (χ3v) is 5.18. The highest BCUT2D eigenvalue weighted by molar-refractivity contribution is 7.13. The fourth-order valence-corrected chi connectivity index (χ4v) is 3.44. The second kappa shape index (κ2) is 5.32. The third-order valence-electron chi connectivity index (χ3n) is 4.49. The average Bonchev–Trinajstić information content (AvgIpc) is 3.06. The van der Waals surface area contributed by atoms with Crippen LogP contribution < -0.4 is 14.8 Å². The van der Waals surface area contributed by atoms with Crippen LogP contribution in [0, 0.1) is 0 Å². The first kappa shape index (κ1) is 14.5. The molecule has 3 aromatic rings. The van der Waals surface area contributed by atoms with Crippen LogP contribution in [0.2, 0.25) is 0 Å². The molecule has 8 heteroatoms. The number of hydrogen-bond acceptors (Lipinski definition) is 7. The zero-order valence-electron chi connectivity index (χ0n) is 13.0. The predicted molar refractivity (Wildman–Crippen MR) is 89.7 cm³/mol. The highest BCUT2D eigenvalue weighted by Crippen LogP contribution is 2.49. The minimum Gasteiger partial charge on any atom is -0.454 e. The van der Waals surface area contributed by atoms with Gasteiger partial charge in [0.05, 0.1) is 11.1 Å². The van der Waals surface area contributed by atoms with E-state index in [4.69, 9.17) is 14.0 Å². The number of amides is 1. The third kappa shape index (κ3) is 2.37. The summed E-state index contributed by atoms with van der Waals surface area (Å²) in [5.74, 6) is 1.90. The van der Waals surface area contributed by atoms with Gasteiger partial charge in [-0.25, -0.2) is 4.98 Å². The van der Waals surface area contributed by atoms with E-state index in [1.165, 1.54) is 11.3 Å². The van der Waals surface area contributed by atoms with E-state index in [2.05, 4.69) is 15.5 Å². The van der Waals surface area contributed by atoms with Crippen molar-refractivity contribution in [3.05, 3.63) is 41.5 Å². The van der Waals surface area contributed by atoms with Gasteiger partial charge in [-0.2, -0.15) is 0 Å². The quantitative estimate of drug-likeness (QED) is 0.773. The van der Waals surface area contributed by atoms with Crippen LogP contribution in [0.1, 0.15) is 18.5 Å². The van der Waals surface area contributed by atoms with Crippen LogP contribution in [0.15, 0.2) is 40.4 Å². The Morgan fingerprint density at radius 1 is 1.20 bits per heavy atom. The van der Waals surface area contributed by atoms with Gasteiger partial charge in [0, 0.05) is 23.2 Å². The molecular weight excluding hydrogens is 342 g/mol. The molecule has 0 spiro atoms. The number of rotatable bonds is 4. The van der Waals surface area contributed by atoms with Gasteiger partial charge >= 0.3 is 0 Å². The molecule has 3 heterocycles. The van der Waals surface area contributed by atoms with Crippen LogP contribution in [0.5, 0.6) is 11.5 Å². The summed E-state index contributed by atoms with van der Waals surface area (Å²) in [7, 11) is 0. The van der Waals surface area contributed by atoms with Crippen LogP contribution in [-0.2, 0) is 10.2 Å². The van der Waals surface area contributed by atoms with Crippen LogP contribution in [0.4, 0.5) is 5.13 Å². The first-order valence-electron chi connectivity index (χ1n) is 7.83. The number of nitrogens with zero attached hydrogens (tertiary/aromatic N) is 2. The van der Waals surface area contributed by atoms with Crippen molar-refractivity contribution in [3.8, 4) is 22.8 Å². The normalized spacial score (nSPS) is 16.6. The molecule has 5 rings (SSSR count). The second-order valence-corrected chi connectivity index (χ2v) is 6.91. The molecular formula is C17H13N3O4S. The Bertz CT molecular complexity index is 947. The molecule has 0 unspecified atom stereocenters. The van der Waals surface area contributed by atoms with Crippen molar-refractivity contribution in [2.24, 2.45) is 0 Å². The summed E-state index contributed by atoms with van der Waals surface area (Å²) in [5, 5.41) is 9.42. The van der Waals surface area contributed by atoms with Gasteiger partial charge in [-0.05, 0) is 31.0 Å². The first-order valence-corrected chi connectivity index (χ1v) is 8.71. The van der Waals surface area contributed by atoms with E-state index in [1.54, 1.807) is 6.20 Å². The van der Waals surface area contributed by atoms with Crippen LogP contribution in [0.3, 0.4) is 0 Å². The number of benzene rings is 1. The maximum atomic E-state index is 12.6. The molecule has 2 aromatic heterocycles. The predicted octanol–water partition coefficient (Wildman–Crippen LogP) is 3.20. The molecule has 25 heavy (non-hydrogen) atoms. The summed E-state index contributed by atoms with van der Waals surface area (Å²) in [5.41, 5.74) is 0.859. The van der Waals surface area contributed by atoms with Crippen molar-refractivity contribution < 1.29 is 18.8 Å². The molecule has 0 bridgehead atoms. The number of aromatic nitrogens is 2. The minimum atomic E-state index is -0.621. The SMILES string of the molecule is O=C(Nc1nccs1)C1(c2cc(-c3ccc4c(c3)OCO4)on2)CC1. The van der Waals surface area contributed by atoms with E-state index in [1.807, 2.05) is 29.6 Å². The molecule has 1 N–H and O–H groups in total. The van der Waals surface area contributed by atoms with E-state index in [0.29, 0.717) is 28.1 Å². The van der Waals surface area contributed by atoms with Gasteiger partial charge in [0.25, 0.3) is 0 Å². The van der Waals surface area contributed by atoms with Crippen molar-refractivity contribution in [1.82, 2.24) is 10.1 Å². The molecule has 0 saturated heterocycles. The largest absolute Gasteiger partial charge is 0.454 e. The van der Waals surface area contributed by atoms with Gasteiger partial charge in [-0.15, -0.1) is 11.3 Å². The van der Waals surface area contributed by atoms with E-state index in [9.17, 15) is 4.79 Å². The Labute approximate surface area is 146 Å². The highest BCUT2D eigenvalue weighted by atomic mass is 32.1. The van der Waals surface area contributed by atoms with E-state index in [0.717, 1.165) is 18.4 Å². The number of ether oxygens (including phenoxy) is 2. The number of hydrogen-bond donors (Lipinski definition) is 1. The number of thiazole rings is 1. The molecule has 1 aliphatic heterocycles. The van der Waals surface area contributed by atoms with Gasteiger partial charge in [0.1, 0.15) is 0 Å². The minimum absolute atomic E-state index is 0.0898. The molecule has 1 saturated carbocycles. The maximum Gasteiger partial charge on any atom is 0.238 e. The summed E-state index contributed by atoms with van der Waals surface area (Å²) in [6.45, 7) is 0.223. The molecule has 126 valence electrons. The molecule has 1 fully saturated rings. The zero-order valence-corrected chi connectivity index (χ0v) is 13.8. The Kier molecular flexibility index (Phi) is 3.08. The molecule has 2 aliphatic rings. The van der Waals surface area contributed by atoms with Gasteiger partial charge < -0.3 is 19.3 Å². The van der Waals surface area contributed by atoms with Crippen LogP contribution in [0.25, 0.3) is 11.3 Å². The van der Waals surface area contributed by atoms with Crippen LogP contribution in [-0.4, -0.2) is 22.8 Å². The van der Waals surface area contributed by atoms with Crippen molar-refractivity contribution in [2.45, 2.75) is 18.3 Å². The fraction of sp³-hybridized carbons (Fsp3) is 0.235. The number of carbonyl (C=O) groups is 1. The smallest absolute Gasteiger partial charge is 0.238 e. The fourth-order valence-electron chi connectivity index (χ4n) is 2.91. The Morgan fingerprint density at radius 2 is 2.08 bits per heavy atom. The standard InChI is InChI=1S/C17H13N3O4S/c21-15(19-16-18-5-6-25-16)17(3-4-17)14-8-12(24-20-14)10-1-2-11-13(7-10)23-9-22-11/h1-2,5-8H,3-4,9H2,(H,18,19,21). The lowest BCUT2D eigenvalue weighted by Crippen LogP contribution is -2.28. The molecule has 1 aromatic carbocycles. The Morgan fingerprint density at radius 3 is 2.88 bits per heavy atom. The molecule has 1 amide bonds. The topological polar surface area (TPSA) is 86.5 Å². The van der Waals surface area contributed by atoms with Gasteiger partial charge in [-0.3, -0.25) is 4.79 Å². The second-order valence-electron chi connectivity index (χ2n) is 6.02. The number of anilines is 1. The van der Waals surface area contributed by atoms with E-state index >= 15 is 0 Å². The van der Waals surface area contributed by atoms with Crippen LogP contribution >= 0.6 is 11.3 Å². The summed E-state index contributed by atoms with van der Waals surface area (Å²) in [6, 6.07) is 7.39. The van der Waals surface area contributed by atoms with Crippen molar-refractivity contribution >= 4 is 22.4 Å². The lowest BCUT2D eigenvalue weighted by atomic mass is 10.0. The molecule has 1 aliphatic carbocycles. The number of fused-ring (bicyclic) bond motifs is 1. The lowest BCUT2D eigenvalue weighted by molar-refractivity contribution is -0.118. The van der Waals surface area contributed by atoms with Crippen molar-refractivity contribution in [3.63, 3.8) is 0 Å². The van der Waals surface area contributed by atoms with Crippen molar-refractivity contribution in [1.29, 1.82) is 0 Å². The van der Waals surface area contributed by atoms with E-state index in [-0.39, 0.29) is 12.7 Å². The van der Waals surface area contributed by atoms with Gasteiger partial charge in [0.15, 0.2) is 22.4 Å². The number of carbonyl (C=O) groups excluding carboxylic acids is 1. The summed E-state index contributed by atoms with van der Waals surface area (Å²) < 4.78 is 16.2. The summed E-state index contributed by atoms with van der Waals surface area (Å²) >= 11 is 1.39. The van der Waals surface area contributed by atoms with Gasteiger partial charge in [-0.1, -0.05) is 5.16 Å². The monoisotopic (exact) mass is 355 g/mol. The lowest BCUT2D eigenvalue weighted by Gasteiger charge is -2.10. The highest BCUT2D eigenvalue weighted by Gasteiger charge is 2.54. The van der Waals surface area contributed by atoms with Crippen molar-refractivity contribution in [2.75, 3.05) is 12.1 Å². The molecule has 0 atom stereocenters. The Hall–Kier alpha value is -2.87. The summed E-state index contributed by atoms with van der Waals surface area (Å²) in [6.07, 6.45) is 3.16. The maximum absolute atomic E-state index is 12.6.